The van der Waals surface area contributed by atoms with E-state index >= 15 is 0 Å². The Morgan fingerprint density at radius 2 is 1.10 bits per heavy atom. The predicted octanol–water partition coefficient (Wildman–Crippen LogP) is 3.84. The van der Waals surface area contributed by atoms with E-state index in [1.165, 1.54) is 0 Å². The number of fused-ring (bicyclic) bond motifs is 2. The zero-order chi connectivity index (χ0) is 21.7. The molecule has 4 aromatic rings. The van der Waals surface area contributed by atoms with Gasteiger partial charge in [-0.05, 0) is 24.3 Å². The highest BCUT2D eigenvalue weighted by Crippen LogP contribution is 2.37. The van der Waals surface area contributed by atoms with E-state index in [9.17, 15) is 31.1 Å². The van der Waals surface area contributed by atoms with Crippen molar-refractivity contribution in [3.05, 3.63) is 35.4 Å². The molecule has 2 aromatic heterocycles. The number of aromatic amines is 2. The van der Waals surface area contributed by atoms with E-state index in [0.29, 0.717) is 24.3 Å². The third-order valence-electron chi connectivity index (χ3n) is 3.82. The Bertz CT molecular complexity index is 1170. The van der Waals surface area contributed by atoms with Crippen LogP contribution in [0.2, 0.25) is 0 Å². The highest BCUT2D eigenvalue weighted by Gasteiger charge is 2.34. The Balaban J connectivity index is 1.68. The number of alkyl halides is 6. The van der Waals surface area contributed by atoms with Crippen molar-refractivity contribution in [2.75, 3.05) is 0 Å². The molecule has 0 saturated carbocycles. The summed E-state index contributed by atoms with van der Waals surface area (Å²) in [4.78, 5) is 12.1. The van der Waals surface area contributed by atoms with Gasteiger partial charge in [0.2, 0.25) is 0 Å². The first kappa shape index (κ1) is 19.4. The van der Waals surface area contributed by atoms with Gasteiger partial charge in [-0.3, -0.25) is 0 Å². The fourth-order valence-corrected chi connectivity index (χ4v) is 2.52. The van der Waals surface area contributed by atoms with Crippen molar-refractivity contribution >= 4 is 28.2 Å². The van der Waals surface area contributed by atoms with Crippen molar-refractivity contribution in [1.29, 1.82) is 0 Å². The molecular weight excluding hydrogens is 426 g/mol. The third kappa shape index (κ3) is 3.56. The number of rotatable bonds is 2. The lowest BCUT2D eigenvalue weighted by atomic mass is 10.1. The monoisotopic (exact) mass is 432 g/mol. The molecule has 0 unspecified atom stereocenters. The SMILES string of the molecule is O=C(Oc1cc(C(F)(F)F)cc2n[nH]nc12)Oc1cc(C(F)(F)F)cc2n[nH]nc12. The van der Waals surface area contributed by atoms with E-state index < -0.39 is 41.1 Å². The van der Waals surface area contributed by atoms with Crippen LogP contribution >= 0.6 is 0 Å². The number of aromatic nitrogens is 6. The zero-order valence-electron chi connectivity index (χ0n) is 14.1. The van der Waals surface area contributed by atoms with Crippen molar-refractivity contribution < 1.29 is 40.6 Å². The maximum atomic E-state index is 13.0. The average Bonchev–Trinajstić information content (AvgIpc) is 3.28. The summed E-state index contributed by atoms with van der Waals surface area (Å²) in [5, 5.41) is 18.3. The Morgan fingerprint density at radius 3 is 1.47 bits per heavy atom. The molecule has 2 heterocycles. The summed E-state index contributed by atoms with van der Waals surface area (Å²) in [5.74, 6) is -1.33. The van der Waals surface area contributed by atoms with E-state index in [2.05, 4.69) is 30.8 Å². The first-order chi connectivity index (χ1) is 14.0. The molecule has 0 fully saturated rings. The number of carbonyl (C=O) groups excluding carboxylic acids is 1. The van der Waals surface area contributed by atoms with Crippen LogP contribution in [-0.4, -0.2) is 37.0 Å². The number of benzene rings is 2. The molecule has 15 heteroatoms. The average molecular weight is 432 g/mol. The van der Waals surface area contributed by atoms with Crippen LogP contribution in [0, 0.1) is 0 Å². The summed E-state index contributed by atoms with van der Waals surface area (Å²) < 4.78 is 87.7. The minimum Gasteiger partial charge on any atom is -0.392 e. The second-order valence-corrected chi connectivity index (χ2v) is 5.78. The van der Waals surface area contributed by atoms with Gasteiger partial charge < -0.3 is 9.47 Å². The van der Waals surface area contributed by atoms with Gasteiger partial charge in [0.05, 0.1) is 11.1 Å². The maximum Gasteiger partial charge on any atom is 0.519 e. The third-order valence-corrected chi connectivity index (χ3v) is 3.82. The van der Waals surface area contributed by atoms with Crippen molar-refractivity contribution in [2.45, 2.75) is 12.4 Å². The van der Waals surface area contributed by atoms with Crippen LogP contribution in [-0.2, 0) is 12.4 Å². The smallest absolute Gasteiger partial charge is 0.392 e. The Labute approximate surface area is 159 Å². The molecule has 156 valence electrons. The van der Waals surface area contributed by atoms with Crippen LogP contribution in [0.25, 0.3) is 22.1 Å². The molecule has 0 aliphatic heterocycles. The molecule has 9 nitrogen and oxygen atoms in total. The minimum absolute atomic E-state index is 0.226. The number of carbonyl (C=O) groups is 1. The number of nitrogens with zero attached hydrogens (tertiary/aromatic N) is 4. The van der Waals surface area contributed by atoms with Crippen LogP contribution in [0.3, 0.4) is 0 Å². The highest BCUT2D eigenvalue weighted by molar-refractivity contribution is 5.86. The first-order valence-corrected chi connectivity index (χ1v) is 7.75. The molecule has 0 spiro atoms. The quantitative estimate of drug-likeness (QED) is 0.281. The number of nitrogens with one attached hydrogen (secondary N) is 2. The number of H-pyrrole nitrogens is 2. The van der Waals surface area contributed by atoms with Crippen LogP contribution in [0.4, 0.5) is 31.1 Å². The molecule has 4 rings (SSSR count). The number of hydrogen-bond donors (Lipinski definition) is 2. The predicted molar refractivity (Wildman–Crippen MR) is 84.4 cm³/mol. The van der Waals surface area contributed by atoms with E-state index in [1.54, 1.807) is 0 Å². The van der Waals surface area contributed by atoms with Gasteiger partial charge in [0.25, 0.3) is 0 Å². The fourth-order valence-electron chi connectivity index (χ4n) is 2.52. The fraction of sp³-hybridized carbons (Fsp3) is 0.133. The van der Waals surface area contributed by atoms with Crippen molar-refractivity contribution in [3.63, 3.8) is 0 Å². The van der Waals surface area contributed by atoms with Crippen LogP contribution in [0.5, 0.6) is 11.5 Å². The largest absolute Gasteiger partial charge is 0.519 e. The summed E-state index contributed by atoms with van der Waals surface area (Å²) in [6, 6.07) is 2.29. The zero-order valence-corrected chi connectivity index (χ0v) is 14.1. The number of ether oxygens (including phenoxy) is 2. The minimum atomic E-state index is -4.79. The molecule has 0 amide bonds. The summed E-state index contributed by atoms with van der Waals surface area (Å²) in [7, 11) is 0. The van der Waals surface area contributed by atoms with E-state index in [-0.39, 0.29) is 22.1 Å². The lowest BCUT2D eigenvalue weighted by Crippen LogP contribution is -2.16. The van der Waals surface area contributed by atoms with Gasteiger partial charge in [-0.2, -0.15) is 57.2 Å². The highest BCUT2D eigenvalue weighted by atomic mass is 19.4. The first-order valence-electron chi connectivity index (χ1n) is 7.75. The molecule has 0 atom stereocenters. The molecule has 30 heavy (non-hydrogen) atoms. The summed E-state index contributed by atoms with van der Waals surface area (Å²) in [5.41, 5.74) is -3.35. The topological polar surface area (TPSA) is 119 Å². The van der Waals surface area contributed by atoms with Gasteiger partial charge in [0.1, 0.15) is 11.0 Å². The molecule has 0 bridgehead atoms. The van der Waals surface area contributed by atoms with Gasteiger partial charge in [0.15, 0.2) is 22.5 Å². The molecule has 2 N–H and O–H groups in total. The standard InChI is InChI=1S/C15H6F6N6O3/c16-14(17,18)5-1-7-11(24-26-22-7)9(3-5)29-13(28)30-10-4-6(15(19,20)21)2-8-12(10)25-27-23-8/h1-4H,(H,22,24,26)(H,23,25,27). The van der Waals surface area contributed by atoms with E-state index in [0.717, 1.165) is 0 Å². The molecule has 0 saturated heterocycles. The van der Waals surface area contributed by atoms with Crippen LogP contribution < -0.4 is 9.47 Å². The van der Waals surface area contributed by atoms with Gasteiger partial charge in [-0.25, -0.2) is 4.79 Å². The van der Waals surface area contributed by atoms with Crippen LogP contribution in [0.15, 0.2) is 24.3 Å². The van der Waals surface area contributed by atoms with Crippen molar-refractivity contribution in [1.82, 2.24) is 30.8 Å². The van der Waals surface area contributed by atoms with Gasteiger partial charge in [0, 0.05) is 0 Å². The van der Waals surface area contributed by atoms with Crippen LogP contribution in [0.1, 0.15) is 11.1 Å². The molecule has 0 aliphatic rings. The Hall–Kier alpha value is -3.91. The lowest BCUT2D eigenvalue weighted by Gasteiger charge is -2.11. The molecule has 0 radical (unpaired) electrons. The van der Waals surface area contributed by atoms with Gasteiger partial charge in [-0.15, -0.1) is 0 Å². The Morgan fingerprint density at radius 1 is 0.700 bits per heavy atom. The van der Waals surface area contributed by atoms with Gasteiger partial charge in [-0.1, -0.05) is 0 Å². The normalized spacial score (nSPS) is 12.5. The summed E-state index contributed by atoms with van der Waals surface area (Å²) in [6.07, 6.45) is -11.2. The maximum absolute atomic E-state index is 13.0. The Kier molecular flexibility index (Phi) is 4.25. The lowest BCUT2D eigenvalue weighted by molar-refractivity contribution is -0.138. The number of halogens is 6. The number of hydrogen-bond acceptors (Lipinski definition) is 7. The van der Waals surface area contributed by atoms with Gasteiger partial charge >= 0.3 is 18.5 Å². The molecular formula is C15H6F6N6O3. The van der Waals surface area contributed by atoms with Crippen molar-refractivity contribution in [2.24, 2.45) is 0 Å². The summed E-state index contributed by atoms with van der Waals surface area (Å²) >= 11 is 0. The van der Waals surface area contributed by atoms with E-state index in [4.69, 9.17) is 9.47 Å². The second kappa shape index (κ2) is 6.57. The summed E-state index contributed by atoms with van der Waals surface area (Å²) in [6.45, 7) is 0. The van der Waals surface area contributed by atoms with Crippen molar-refractivity contribution in [3.8, 4) is 11.5 Å². The molecule has 0 aliphatic carbocycles. The second-order valence-electron chi connectivity index (χ2n) is 5.78. The molecule has 2 aromatic carbocycles. The van der Waals surface area contributed by atoms with E-state index in [1.807, 2.05) is 0 Å².